The maximum atomic E-state index is 12.9. The number of pyridine rings is 1. The van der Waals surface area contributed by atoms with E-state index >= 15 is 0 Å². The van der Waals surface area contributed by atoms with Crippen LogP contribution in [0.3, 0.4) is 0 Å². The highest BCUT2D eigenvalue weighted by molar-refractivity contribution is 7.15. The highest BCUT2D eigenvalue weighted by Gasteiger charge is 2.20. The Morgan fingerprint density at radius 3 is 2.62 bits per heavy atom. The molecule has 0 atom stereocenters. The summed E-state index contributed by atoms with van der Waals surface area (Å²) in [7, 11) is 1.83. The van der Waals surface area contributed by atoms with Gasteiger partial charge in [-0.25, -0.2) is 4.98 Å². The standard InChI is InChI=1S/C18H16N6OS/c1-10-15-13(17(25)20-18-22-21-11(2)26-18)9-14(12-7-5-4-6-8-12)19-16(15)24(3)23-10/h4-9H,1-3H3,(H,20,22,25). The molecule has 1 aromatic carbocycles. The Balaban J connectivity index is 1.87. The molecule has 3 aromatic heterocycles. The summed E-state index contributed by atoms with van der Waals surface area (Å²) in [6.45, 7) is 3.72. The van der Waals surface area contributed by atoms with Gasteiger partial charge >= 0.3 is 0 Å². The first-order valence-corrected chi connectivity index (χ1v) is 8.86. The zero-order chi connectivity index (χ0) is 18.3. The van der Waals surface area contributed by atoms with Crippen LogP contribution in [0.1, 0.15) is 21.1 Å². The molecule has 130 valence electrons. The molecule has 0 aliphatic rings. The third-order valence-electron chi connectivity index (χ3n) is 4.03. The van der Waals surface area contributed by atoms with E-state index in [9.17, 15) is 4.79 Å². The largest absolute Gasteiger partial charge is 0.296 e. The lowest BCUT2D eigenvalue weighted by Gasteiger charge is -2.08. The molecule has 4 rings (SSSR count). The smallest absolute Gasteiger partial charge is 0.258 e. The van der Waals surface area contributed by atoms with E-state index in [1.54, 1.807) is 10.7 Å². The van der Waals surface area contributed by atoms with E-state index in [2.05, 4.69) is 20.6 Å². The number of nitrogens with one attached hydrogen (secondary N) is 1. The fraction of sp³-hybridized carbons (Fsp3) is 0.167. The van der Waals surface area contributed by atoms with E-state index < -0.39 is 0 Å². The van der Waals surface area contributed by atoms with Crippen molar-refractivity contribution in [1.29, 1.82) is 0 Å². The summed E-state index contributed by atoms with van der Waals surface area (Å²) in [5.74, 6) is -0.248. The minimum Gasteiger partial charge on any atom is -0.296 e. The molecule has 3 heterocycles. The number of benzene rings is 1. The molecule has 4 aromatic rings. The third kappa shape index (κ3) is 2.84. The van der Waals surface area contributed by atoms with Crippen molar-refractivity contribution >= 4 is 33.4 Å². The average molecular weight is 364 g/mol. The molecular weight excluding hydrogens is 348 g/mol. The third-order valence-corrected chi connectivity index (χ3v) is 4.78. The van der Waals surface area contributed by atoms with E-state index in [0.717, 1.165) is 27.3 Å². The fourth-order valence-electron chi connectivity index (χ4n) is 2.89. The van der Waals surface area contributed by atoms with Crippen LogP contribution >= 0.6 is 11.3 Å². The van der Waals surface area contributed by atoms with Gasteiger partial charge in [0.1, 0.15) is 5.01 Å². The summed E-state index contributed by atoms with van der Waals surface area (Å²) in [5.41, 5.74) is 3.61. The zero-order valence-corrected chi connectivity index (χ0v) is 15.3. The summed E-state index contributed by atoms with van der Waals surface area (Å²) in [6, 6.07) is 11.6. The molecule has 1 N–H and O–H groups in total. The normalized spacial score (nSPS) is 11.0. The lowest BCUT2D eigenvalue weighted by Crippen LogP contribution is -2.13. The Kier molecular flexibility index (Phi) is 3.96. The predicted octanol–water partition coefficient (Wildman–Crippen LogP) is 3.36. The van der Waals surface area contributed by atoms with Gasteiger partial charge in [0.15, 0.2) is 5.65 Å². The molecule has 26 heavy (non-hydrogen) atoms. The van der Waals surface area contributed by atoms with Crippen LogP contribution in [-0.4, -0.2) is 30.9 Å². The van der Waals surface area contributed by atoms with Crippen LogP contribution in [0.4, 0.5) is 5.13 Å². The zero-order valence-electron chi connectivity index (χ0n) is 14.5. The molecule has 8 heteroatoms. The van der Waals surface area contributed by atoms with Gasteiger partial charge in [0, 0.05) is 12.6 Å². The summed E-state index contributed by atoms with van der Waals surface area (Å²) in [6.07, 6.45) is 0. The van der Waals surface area contributed by atoms with E-state index in [-0.39, 0.29) is 5.91 Å². The molecule has 1 amide bonds. The minimum atomic E-state index is -0.248. The number of aromatic nitrogens is 5. The Morgan fingerprint density at radius 1 is 1.15 bits per heavy atom. The molecule has 0 aliphatic carbocycles. The Bertz CT molecular complexity index is 1120. The van der Waals surface area contributed by atoms with Crippen molar-refractivity contribution in [3.8, 4) is 11.3 Å². The molecule has 0 aliphatic heterocycles. The molecular formula is C18H16N6OS. The van der Waals surface area contributed by atoms with Crippen LogP contribution in [0.2, 0.25) is 0 Å². The average Bonchev–Trinajstić information content (AvgIpc) is 3.18. The number of aryl methyl sites for hydroxylation is 3. The van der Waals surface area contributed by atoms with Crippen molar-refractivity contribution in [2.45, 2.75) is 13.8 Å². The number of amides is 1. The van der Waals surface area contributed by atoms with Gasteiger partial charge in [0.25, 0.3) is 5.91 Å². The van der Waals surface area contributed by atoms with Crippen molar-refractivity contribution in [2.75, 3.05) is 5.32 Å². The second-order valence-corrected chi connectivity index (χ2v) is 7.09. The SMILES string of the molecule is Cc1nnc(NC(=O)c2cc(-c3ccccc3)nc3c2c(C)nn3C)s1. The molecule has 0 bridgehead atoms. The first kappa shape index (κ1) is 16.3. The lowest BCUT2D eigenvalue weighted by molar-refractivity contribution is 0.102. The maximum absolute atomic E-state index is 12.9. The summed E-state index contributed by atoms with van der Waals surface area (Å²) >= 11 is 1.34. The van der Waals surface area contributed by atoms with Crippen LogP contribution < -0.4 is 5.32 Å². The van der Waals surface area contributed by atoms with Crippen molar-refractivity contribution in [2.24, 2.45) is 7.05 Å². The highest BCUT2D eigenvalue weighted by atomic mass is 32.1. The second kappa shape index (κ2) is 6.30. The Labute approximate surface area is 153 Å². The number of hydrogen-bond donors (Lipinski definition) is 1. The summed E-state index contributed by atoms with van der Waals surface area (Å²) < 4.78 is 1.70. The maximum Gasteiger partial charge on any atom is 0.258 e. The van der Waals surface area contributed by atoms with E-state index in [0.29, 0.717) is 16.3 Å². The van der Waals surface area contributed by atoms with E-state index in [1.807, 2.05) is 51.2 Å². The molecule has 0 saturated carbocycles. The van der Waals surface area contributed by atoms with Gasteiger partial charge in [0.05, 0.1) is 22.3 Å². The van der Waals surface area contributed by atoms with Gasteiger partial charge in [-0.3, -0.25) is 14.8 Å². The number of nitrogens with zero attached hydrogens (tertiary/aromatic N) is 5. The number of hydrogen-bond acceptors (Lipinski definition) is 6. The lowest BCUT2D eigenvalue weighted by atomic mass is 10.1. The molecule has 0 spiro atoms. The van der Waals surface area contributed by atoms with Gasteiger partial charge in [-0.05, 0) is 19.9 Å². The van der Waals surface area contributed by atoms with Crippen molar-refractivity contribution in [3.05, 3.63) is 52.7 Å². The topological polar surface area (TPSA) is 85.6 Å². The van der Waals surface area contributed by atoms with Crippen LogP contribution in [0.15, 0.2) is 36.4 Å². The van der Waals surface area contributed by atoms with Crippen molar-refractivity contribution in [1.82, 2.24) is 25.0 Å². The quantitative estimate of drug-likeness (QED) is 0.602. The first-order valence-electron chi connectivity index (χ1n) is 8.04. The molecule has 0 saturated heterocycles. The number of fused-ring (bicyclic) bond motifs is 1. The molecule has 7 nitrogen and oxygen atoms in total. The van der Waals surface area contributed by atoms with Gasteiger partial charge in [-0.2, -0.15) is 5.10 Å². The molecule has 0 fully saturated rings. The highest BCUT2D eigenvalue weighted by Crippen LogP contribution is 2.27. The van der Waals surface area contributed by atoms with Crippen LogP contribution in [-0.2, 0) is 7.05 Å². The second-order valence-electron chi connectivity index (χ2n) is 5.91. The number of anilines is 1. The van der Waals surface area contributed by atoms with Crippen LogP contribution in [0.25, 0.3) is 22.3 Å². The monoisotopic (exact) mass is 364 g/mol. The summed E-state index contributed by atoms with van der Waals surface area (Å²) in [4.78, 5) is 17.7. The van der Waals surface area contributed by atoms with Crippen LogP contribution in [0, 0.1) is 13.8 Å². The predicted molar refractivity (Wildman–Crippen MR) is 101 cm³/mol. The Morgan fingerprint density at radius 2 is 1.92 bits per heavy atom. The van der Waals surface area contributed by atoms with E-state index in [4.69, 9.17) is 4.98 Å². The van der Waals surface area contributed by atoms with Gasteiger partial charge in [0.2, 0.25) is 5.13 Å². The van der Waals surface area contributed by atoms with Gasteiger partial charge in [-0.1, -0.05) is 41.7 Å². The number of carbonyl (C=O) groups excluding carboxylic acids is 1. The Hall–Kier alpha value is -3.13. The summed E-state index contributed by atoms with van der Waals surface area (Å²) in [5, 5.41) is 17.2. The van der Waals surface area contributed by atoms with Crippen molar-refractivity contribution < 1.29 is 4.79 Å². The van der Waals surface area contributed by atoms with Gasteiger partial charge < -0.3 is 0 Å². The number of carbonyl (C=O) groups is 1. The first-order chi connectivity index (χ1) is 12.5. The van der Waals surface area contributed by atoms with Gasteiger partial charge in [-0.15, -0.1) is 10.2 Å². The van der Waals surface area contributed by atoms with Crippen molar-refractivity contribution in [3.63, 3.8) is 0 Å². The molecule has 0 unspecified atom stereocenters. The van der Waals surface area contributed by atoms with E-state index in [1.165, 1.54) is 11.3 Å². The number of rotatable bonds is 3. The minimum absolute atomic E-state index is 0.248. The fourth-order valence-corrected chi connectivity index (χ4v) is 3.48. The van der Waals surface area contributed by atoms with Crippen LogP contribution in [0.5, 0.6) is 0 Å². The molecule has 0 radical (unpaired) electrons.